The molecule has 39 heavy (non-hydrogen) atoms. The maximum atomic E-state index is 6.15. The fourth-order valence-electron chi connectivity index (χ4n) is 5.22. The summed E-state index contributed by atoms with van der Waals surface area (Å²) in [6, 6.07) is 0. The van der Waals surface area contributed by atoms with E-state index >= 15 is 0 Å². The molecule has 0 spiro atoms. The molecule has 0 aromatic carbocycles. The molecular formula is C34H72O5. The molecule has 0 N–H and O–H groups in total. The van der Waals surface area contributed by atoms with E-state index in [2.05, 4.69) is 55.4 Å². The molecule has 0 atom stereocenters. The van der Waals surface area contributed by atoms with E-state index in [1.54, 1.807) is 0 Å². The summed E-state index contributed by atoms with van der Waals surface area (Å²) in [5, 5.41) is 0. The monoisotopic (exact) mass is 561 g/mol. The van der Waals surface area contributed by atoms with Crippen molar-refractivity contribution in [3.8, 4) is 0 Å². The molecule has 0 radical (unpaired) electrons. The lowest BCUT2D eigenvalue weighted by Crippen LogP contribution is -2.37. The van der Waals surface area contributed by atoms with Gasteiger partial charge in [0.1, 0.15) is 12.2 Å². The maximum absolute atomic E-state index is 6.15. The van der Waals surface area contributed by atoms with E-state index in [4.69, 9.17) is 23.7 Å². The number of rotatable bonds is 20. The fraction of sp³-hybridized carbons (Fsp3) is 1.00. The zero-order valence-corrected chi connectivity index (χ0v) is 29.3. The van der Waals surface area contributed by atoms with Gasteiger partial charge in [-0.15, -0.1) is 0 Å². The topological polar surface area (TPSA) is 46.2 Å². The molecule has 0 aliphatic carbocycles. The predicted octanol–water partition coefficient (Wildman–Crippen LogP) is 9.35. The molecule has 0 saturated carbocycles. The molecule has 5 heteroatoms. The van der Waals surface area contributed by atoms with Gasteiger partial charge in [0, 0.05) is 0 Å². The van der Waals surface area contributed by atoms with Gasteiger partial charge in [-0.3, -0.25) is 0 Å². The Morgan fingerprint density at radius 2 is 0.769 bits per heavy atom. The van der Waals surface area contributed by atoms with Gasteiger partial charge in [-0.25, -0.2) is 0 Å². The molecule has 5 nitrogen and oxygen atoms in total. The van der Waals surface area contributed by atoms with Gasteiger partial charge < -0.3 is 23.7 Å². The Morgan fingerprint density at radius 3 is 0.949 bits per heavy atom. The molecule has 0 aliphatic heterocycles. The standard InChI is InChI=1S/C18H38O5.C16H34/c1-13(2)19-9-17(10-20-14(3)4)23-18(11-21-15(5)6)12-22-16(7)8;1-9-16(10-13(2)3,11-14(4)5)12-15(6,7)8/h13-18H,9-12H2,1-8H3;13-14H,9-12H2,1-8H3. The lowest BCUT2D eigenvalue weighted by atomic mass is 9.64. The smallest absolute Gasteiger partial charge is 0.105 e. The van der Waals surface area contributed by atoms with Crippen LogP contribution in [0.25, 0.3) is 0 Å². The van der Waals surface area contributed by atoms with Crippen LogP contribution >= 0.6 is 0 Å². The minimum Gasteiger partial charge on any atom is -0.376 e. The Hall–Kier alpha value is -0.200. The van der Waals surface area contributed by atoms with Crippen molar-refractivity contribution in [1.82, 2.24) is 0 Å². The summed E-state index contributed by atoms with van der Waals surface area (Å²) in [7, 11) is 0. The molecule has 0 aliphatic rings. The Morgan fingerprint density at radius 1 is 0.487 bits per heavy atom. The summed E-state index contributed by atoms with van der Waals surface area (Å²) in [5.74, 6) is 1.64. The summed E-state index contributed by atoms with van der Waals surface area (Å²) in [6.07, 6.45) is 5.88. The third kappa shape index (κ3) is 26.4. The first kappa shape index (κ1) is 40.9. The average Bonchev–Trinajstić information content (AvgIpc) is 2.74. The highest BCUT2D eigenvalue weighted by Gasteiger charge is 2.34. The van der Waals surface area contributed by atoms with Gasteiger partial charge in [-0.05, 0) is 97.3 Å². The van der Waals surface area contributed by atoms with Crippen molar-refractivity contribution in [2.24, 2.45) is 22.7 Å². The van der Waals surface area contributed by atoms with E-state index in [0.717, 1.165) is 11.8 Å². The zero-order chi connectivity index (χ0) is 30.8. The second-order valence-electron chi connectivity index (χ2n) is 14.7. The van der Waals surface area contributed by atoms with Crippen LogP contribution in [-0.4, -0.2) is 63.1 Å². The molecule has 0 unspecified atom stereocenters. The van der Waals surface area contributed by atoms with Crippen LogP contribution in [0.5, 0.6) is 0 Å². The lowest BCUT2D eigenvalue weighted by Gasteiger charge is -2.41. The molecule has 0 heterocycles. The van der Waals surface area contributed by atoms with Gasteiger partial charge in [0.05, 0.1) is 50.8 Å². The van der Waals surface area contributed by atoms with E-state index in [-0.39, 0.29) is 36.6 Å². The Kier molecular flexibility index (Phi) is 22.6. The highest BCUT2D eigenvalue weighted by molar-refractivity contribution is 4.85. The van der Waals surface area contributed by atoms with Gasteiger partial charge in [0.25, 0.3) is 0 Å². The van der Waals surface area contributed by atoms with Crippen LogP contribution in [-0.2, 0) is 23.7 Å². The summed E-state index contributed by atoms with van der Waals surface area (Å²) in [6.45, 7) is 37.2. The summed E-state index contributed by atoms with van der Waals surface area (Å²) < 4.78 is 29.0. The fourth-order valence-corrected chi connectivity index (χ4v) is 5.22. The largest absolute Gasteiger partial charge is 0.376 e. The average molecular weight is 561 g/mol. The van der Waals surface area contributed by atoms with Crippen molar-refractivity contribution in [2.75, 3.05) is 26.4 Å². The minimum absolute atomic E-state index is 0.128. The van der Waals surface area contributed by atoms with Crippen LogP contribution < -0.4 is 0 Å². The van der Waals surface area contributed by atoms with Crippen molar-refractivity contribution >= 4 is 0 Å². The van der Waals surface area contributed by atoms with Crippen LogP contribution in [0.1, 0.15) is 136 Å². The van der Waals surface area contributed by atoms with Crippen molar-refractivity contribution in [3.05, 3.63) is 0 Å². The summed E-state index contributed by atoms with van der Waals surface area (Å²) in [5.41, 5.74) is 1.03. The van der Waals surface area contributed by atoms with Crippen LogP contribution in [0.2, 0.25) is 0 Å². The van der Waals surface area contributed by atoms with Gasteiger partial charge >= 0.3 is 0 Å². The molecule has 0 fully saturated rings. The maximum Gasteiger partial charge on any atom is 0.105 e. The second-order valence-corrected chi connectivity index (χ2v) is 14.7. The zero-order valence-electron chi connectivity index (χ0n) is 29.3. The van der Waals surface area contributed by atoms with Crippen LogP contribution in [0.4, 0.5) is 0 Å². The summed E-state index contributed by atoms with van der Waals surface area (Å²) in [4.78, 5) is 0. The quantitative estimate of drug-likeness (QED) is 0.148. The molecule has 0 bridgehead atoms. The van der Waals surface area contributed by atoms with Crippen LogP contribution in [0.15, 0.2) is 0 Å². The van der Waals surface area contributed by atoms with Gasteiger partial charge in [-0.2, -0.15) is 0 Å². The second kappa shape index (κ2) is 21.5. The van der Waals surface area contributed by atoms with Gasteiger partial charge in [0.15, 0.2) is 0 Å². The first-order valence-electron chi connectivity index (χ1n) is 15.9. The first-order chi connectivity index (χ1) is 17.8. The van der Waals surface area contributed by atoms with Gasteiger partial charge in [0.2, 0.25) is 0 Å². The highest BCUT2D eigenvalue weighted by atomic mass is 16.6. The van der Waals surface area contributed by atoms with Crippen LogP contribution in [0.3, 0.4) is 0 Å². The minimum atomic E-state index is -0.128. The molecular weight excluding hydrogens is 488 g/mol. The third-order valence-electron chi connectivity index (χ3n) is 6.18. The van der Waals surface area contributed by atoms with Crippen molar-refractivity contribution in [1.29, 1.82) is 0 Å². The first-order valence-corrected chi connectivity index (χ1v) is 15.9. The van der Waals surface area contributed by atoms with Crippen LogP contribution in [0, 0.1) is 22.7 Å². The SMILES string of the molecule is CC(C)OCC(COC(C)C)OC(COC(C)C)COC(C)C.CCC(CC(C)C)(CC(C)C)CC(C)(C)C. The predicted molar refractivity (Wildman–Crippen MR) is 169 cm³/mol. The van der Waals surface area contributed by atoms with E-state index in [9.17, 15) is 0 Å². The Labute approximate surface area is 245 Å². The normalized spacial score (nSPS) is 13.2. The molecule has 0 saturated heterocycles. The highest BCUT2D eigenvalue weighted by Crippen LogP contribution is 2.45. The number of ether oxygens (including phenoxy) is 5. The lowest BCUT2D eigenvalue weighted by molar-refractivity contribution is -0.147. The van der Waals surface area contributed by atoms with Crippen molar-refractivity contribution < 1.29 is 23.7 Å². The number of hydrogen-bond acceptors (Lipinski definition) is 5. The van der Waals surface area contributed by atoms with Crippen molar-refractivity contribution in [2.45, 2.75) is 173 Å². The Bertz CT molecular complexity index is 488. The van der Waals surface area contributed by atoms with E-state index in [1.165, 1.54) is 25.7 Å². The molecule has 0 aromatic heterocycles. The third-order valence-corrected chi connectivity index (χ3v) is 6.18. The van der Waals surface area contributed by atoms with Crippen molar-refractivity contribution in [3.63, 3.8) is 0 Å². The van der Waals surface area contributed by atoms with Gasteiger partial charge in [-0.1, -0.05) is 61.8 Å². The molecule has 0 rings (SSSR count). The van der Waals surface area contributed by atoms with E-state index < -0.39 is 0 Å². The Balaban J connectivity index is 0. The molecule has 0 amide bonds. The van der Waals surface area contributed by atoms with E-state index in [1.807, 2.05) is 55.4 Å². The van der Waals surface area contributed by atoms with E-state index in [0.29, 0.717) is 37.3 Å². The molecule has 0 aromatic rings. The number of hydrogen-bond donors (Lipinski definition) is 0. The summed E-state index contributed by atoms with van der Waals surface area (Å²) >= 11 is 0. The molecule has 238 valence electrons.